The minimum absolute atomic E-state index is 0.163. The van der Waals surface area contributed by atoms with Gasteiger partial charge in [0.1, 0.15) is 11.6 Å². The van der Waals surface area contributed by atoms with Gasteiger partial charge in [-0.2, -0.15) is 0 Å². The lowest BCUT2D eigenvalue weighted by molar-refractivity contribution is 0.102. The molecule has 28 heavy (non-hydrogen) atoms. The highest BCUT2D eigenvalue weighted by molar-refractivity contribution is 6.32. The number of fused-ring (bicyclic) bond motifs is 1. The van der Waals surface area contributed by atoms with Crippen LogP contribution in [0.15, 0.2) is 54.7 Å². The van der Waals surface area contributed by atoms with Crippen molar-refractivity contribution in [3.63, 3.8) is 0 Å². The number of hydrogen-bond acceptors (Lipinski definition) is 6. The molecule has 0 atom stereocenters. The highest BCUT2D eigenvalue weighted by Gasteiger charge is 2.16. The average Bonchev–Trinajstić information content (AvgIpc) is 3.17. The van der Waals surface area contributed by atoms with Crippen LogP contribution < -0.4 is 24.8 Å². The number of hydrogen-bond donors (Lipinski definition) is 2. The first-order valence-corrected chi connectivity index (χ1v) is 8.78. The van der Waals surface area contributed by atoms with E-state index < -0.39 is 0 Å². The normalized spacial score (nSPS) is 11.8. The van der Waals surface area contributed by atoms with E-state index in [1.165, 1.54) is 0 Å². The van der Waals surface area contributed by atoms with Gasteiger partial charge in [0.25, 0.3) is 5.91 Å². The van der Waals surface area contributed by atoms with Gasteiger partial charge in [-0.25, -0.2) is 4.98 Å². The largest absolute Gasteiger partial charge is 0.495 e. The van der Waals surface area contributed by atoms with Crippen LogP contribution in [0.1, 0.15) is 10.4 Å². The van der Waals surface area contributed by atoms with Crippen molar-refractivity contribution in [2.45, 2.75) is 0 Å². The van der Waals surface area contributed by atoms with Gasteiger partial charge in [-0.3, -0.25) is 4.79 Å². The maximum atomic E-state index is 12.4. The Bertz CT molecular complexity index is 1020. The number of rotatable bonds is 5. The molecule has 1 aliphatic heterocycles. The van der Waals surface area contributed by atoms with Gasteiger partial charge in [-0.05, 0) is 48.5 Å². The van der Waals surface area contributed by atoms with E-state index in [9.17, 15) is 4.79 Å². The Balaban J connectivity index is 1.42. The molecular formula is C20H16ClN3O4. The number of carbonyl (C=O) groups excluding carboxylic acids is 1. The quantitative estimate of drug-likeness (QED) is 0.661. The molecular weight excluding hydrogens is 382 g/mol. The van der Waals surface area contributed by atoms with Crippen molar-refractivity contribution in [1.29, 1.82) is 0 Å². The number of methoxy groups -OCH3 is 1. The summed E-state index contributed by atoms with van der Waals surface area (Å²) in [6.45, 7) is 0.163. The summed E-state index contributed by atoms with van der Waals surface area (Å²) in [5.41, 5.74) is 2.01. The van der Waals surface area contributed by atoms with Crippen molar-refractivity contribution in [3.8, 4) is 17.2 Å². The van der Waals surface area contributed by atoms with Crippen LogP contribution in [0.25, 0.3) is 0 Å². The van der Waals surface area contributed by atoms with E-state index in [1.54, 1.807) is 55.8 Å². The molecule has 1 aliphatic rings. The Morgan fingerprint density at radius 1 is 1.07 bits per heavy atom. The maximum absolute atomic E-state index is 12.4. The fourth-order valence-corrected chi connectivity index (χ4v) is 2.94. The van der Waals surface area contributed by atoms with Gasteiger partial charge >= 0.3 is 0 Å². The zero-order chi connectivity index (χ0) is 19.5. The van der Waals surface area contributed by atoms with Gasteiger partial charge in [-0.1, -0.05) is 11.6 Å². The standard InChI is InChI=1S/C20H16ClN3O4/c1-26-16-6-3-13(9-15(16)21)23-14-4-7-19(22-10-14)24-20(25)12-2-5-17-18(8-12)28-11-27-17/h2-10,23H,11H2,1H3,(H,22,24,25). The number of ether oxygens (including phenoxy) is 3. The molecule has 8 heteroatoms. The Morgan fingerprint density at radius 2 is 1.89 bits per heavy atom. The van der Waals surface area contributed by atoms with Crippen molar-refractivity contribution >= 4 is 34.7 Å². The Kier molecular flexibility index (Phi) is 4.90. The molecule has 0 radical (unpaired) electrons. The lowest BCUT2D eigenvalue weighted by atomic mass is 10.2. The lowest BCUT2D eigenvalue weighted by Gasteiger charge is -2.10. The molecule has 2 heterocycles. The third-order valence-corrected chi connectivity index (χ3v) is 4.38. The molecule has 4 rings (SSSR count). The molecule has 0 saturated heterocycles. The van der Waals surface area contributed by atoms with Crippen molar-refractivity contribution < 1.29 is 19.0 Å². The summed E-state index contributed by atoms with van der Waals surface area (Å²) in [4.78, 5) is 16.7. The molecule has 0 saturated carbocycles. The van der Waals surface area contributed by atoms with Crippen LogP contribution in [0.2, 0.25) is 5.02 Å². The van der Waals surface area contributed by atoms with Gasteiger partial charge in [-0.15, -0.1) is 0 Å². The van der Waals surface area contributed by atoms with E-state index in [2.05, 4.69) is 15.6 Å². The molecule has 0 spiro atoms. The highest BCUT2D eigenvalue weighted by atomic mass is 35.5. The van der Waals surface area contributed by atoms with Crippen LogP contribution in [0, 0.1) is 0 Å². The highest BCUT2D eigenvalue weighted by Crippen LogP contribution is 2.33. The number of nitrogens with one attached hydrogen (secondary N) is 2. The van der Waals surface area contributed by atoms with E-state index in [1.807, 2.05) is 6.07 Å². The van der Waals surface area contributed by atoms with Crippen molar-refractivity contribution in [2.75, 3.05) is 24.5 Å². The first kappa shape index (κ1) is 17.9. The fraction of sp³-hybridized carbons (Fsp3) is 0.100. The Morgan fingerprint density at radius 3 is 2.64 bits per heavy atom. The summed E-state index contributed by atoms with van der Waals surface area (Å²) in [5, 5.41) is 6.45. The molecule has 1 amide bonds. The van der Waals surface area contributed by atoms with Crippen LogP contribution in [0.4, 0.5) is 17.2 Å². The first-order chi connectivity index (χ1) is 13.6. The lowest BCUT2D eigenvalue weighted by Crippen LogP contribution is -2.12. The van der Waals surface area contributed by atoms with E-state index in [0.717, 1.165) is 11.4 Å². The van der Waals surface area contributed by atoms with Gasteiger partial charge < -0.3 is 24.8 Å². The van der Waals surface area contributed by atoms with Crippen LogP contribution >= 0.6 is 11.6 Å². The Labute approximate surface area is 166 Å². The molecule has 0 bridgehead atoms. The molecule has 0 unspecified atom stereocenters. The molecule has 2 aromatic carbocycles. The Hall–Kier alpha value is -3.45. The molecule has 2 N–H and O–H groups in total. The van der Waals surface area contributed by atoms with Crippen LogP contribution in [0.3, 0.4) is 0 Å². The van der Waals surface area contributed by atoms with E-state index in [0.29, 0.717) is 33.7 Å². The third-order valence-electron chi connectivity index (χ3n) is 4.08. The average molecular weight is 398 g/mol. The number of aromatic nitrogens is 1. The SMILES string of the molecule is COc1ccc(Nc2ccc(NC(=O)c3ccc4c(c3)OCO4)nc2)cc1Cl. The van der Waals surface area contributed by atoms with E-state index in [4.69, 9.17) is 25.8 Å². The van der Waals surface area contributed by atoms with Crippen molar-refractivity contribution in [3.05, 3.63) is 65.3 Å². The second kappa shape index (κ2) is 7.66. The summed E-state index contributed by atoms with van der Waals surface area (Å²) < 4.78 is 15.7. The molecule has 7 nitrogen and oxygen atoms in total. The van der Waals surface area contributed by atoms with Gasteiger partial charge in [0, 0.05) is 11.3 Å². The van der Waals surface area contributed by atoms with Crippen molar-refractivity contribution in [1.82, 2.24) is 4.98 Å². The third kappa shape index (κ3) is 3.79. The molecule has 3 aromatic rings. The summed E-state index contributed by atoms with van der Waals surface area (Å²) in [5.74, 6) is 1.93. The zero-order valence-corrected chi connectivity index (χ0v) is 15.6. The van der Waals surface area contributed by atoms with E-state index >= 15 is 0 Å². The van der Waals surface area contributed by atoms with Gasteiger partial charge in [0.2, 0.25) is 6.79 Å². The second-order valence-corrected chi connectivity index (χ2v) is 6.34. The minimum atomic E-state index is -0.284. The second-order valence-electron chi connectivity index (χ2n) is 5.93. The predicted octanol–water partition coefficient (Wildman–Crippen LogP) is 4.47. The predicted molar refractivity (Wildman–Crippen MR) is 106 cm³/mol. The molecule has 142 valence electrons. The number of nitrogens with zero attached hydrogens (tertiary/aromatic N) is 1. The van der Waals surface area contributed by atoms with Crippen LogP contribution in [-0.4, -0.2) is 24.8 Å². The smallest absolute Gasteiger partial charge is 0.256 e. The summed E-state index contributed by atoms with van der Waals surface area (Å²) in [6.07, 6.45) is 1.62. The van der Waals surface area contributed by atoms with Gasteiger partial charge in [0.05, 0.1) is 24.0 Å². The summed E-state index contributed by atoms with van der Waals surface area (Å²) in [7, 11) is 1.56. The summed E-state index contributed by atoms with van der Waals surface area (Å²) in [6, 6.07) is 13.9. The maximum Gasteiger partial charge on any atom is 0.256 e. The monoisotopic (exact) mass is 397 g/mol. The zero-order valence-electron chi connectivity index (χ0n) is 14.9. The van der Waals surface area contributed by atoms with E-state index in [-0.39, 0.29) is 12.7 Å². The fourth-order valence-electron chi connectivity index (χ4n) is 2.68. The topological polar surface area (TPSA) is 81.7 Å². The molecule has 1 aromatic heterocycles. The number of pyridine rings is 1. The number of anilines is 3. The number of halogens is 1. The van der Waals surface area contributed by atoms with Crippen molar-refractivity contribution in [2.24, 2.45) is 0 Å². The number of benzene rings is 2. The number of carbonyl (C=O) groups is 1. The first-order valence-electron chi connectivity index (χ1n) is 8.40. The number of amides is 1. The van der Waals surface area contributed by atoms with Gasteiger partial charge in [0.15, 0.2) is 11.5 Å². The molecule has 0 fully saturated rings. The molecule has 0 aliphatic carbocycles. The van der Waals surface area contributed by atoms with Crippen LogP contribution in [0.5, 0.6) is 17.2 Å². The van der Waals surface area contributed by atoms with Crippen LogP contribution in [-0.2, 0) is 0 Å². The summed E-state index contributed by atoms with van der Waals surface area (Å²) >= 11 is 6.13. The minimum Gasteiger partial charge on any atom is -0.495 e.